The number of aromatic nitrogens is 2. The molecule has 6 rings (SSSR count). The van der Waals surface area contributed by atoms with Gasteiger partial charge in [0.2, 0.25) is 0 Å². The molecule has 3 heterocycles. The maximum atomic E-state index is 14.0. The van der Waals surface area contributed by atoms with Gasteiger partial charge >= 0.3 is 12.1 Å². The number of carboxylic acids is 1. The van der Waals surface area contributed by atoms with Crippen LogP contribution < -0.4 is 4.74 Å². The fourth-order valence-corrected chi connectivity index (χ4v) is 5.60. The van der Waals surface area contributed by atoms with E-state index < -0.39 is 23.5 Å². The summed E-state index contributed by atoms with van der Waals surface area (Å²) in [7, 11) is 0. The van der Waals surface area contributed by atoms with Crippen LogP contribution in [0.15, 0.2) is 48.5 Å². The van der Waals surface area contributed by atoms with Gasteiger partial charge in [-0.25, -0.2) is 14.2 Å². The molecular formula is C30H26ClF4N3O4. The second kappa shape index (κ2) is 11.2. The summed E-state index contributed by atoms with van der Waals surface area (Å²) in [4.78, 5) is 18.5. The van der Waals surface area contributed by atoms with Gasteiger partial charge in [0.1, 0.15) is 24.0 Å². The highest BCUT2D eigenvalue weighted by atomic mass is 35.5. The Morgan fingerprint density at radius 1 is 1.14 bits per heavy atom. The maximum absolute atomic E-state index is 14.0. The third-order valence-electron chi connectivity index (χ3n) is 7.72. The second-order valence-electron chi connectivity index (χ2n) is 10.5. The van der Waals surface area contributed by atoms with Crippen LogP contribution in [-0.2, 0) is 43.6 Å². The standard InChI is InChI=1S/C30H26ClF4N3O4/c31-24-12-21(32)3-1-19(24)16-42-27-11-20-13-37(7-5-17(20)9-23(27)30(33,34)35)15-28-36-25-4-2-18(29(39)40)10-26(25)38(28)14-22-6-8-41-22/h1-4,9-12,22H,5-8,13-16H2,(H,39,40)/t22-/m0/s1. The molecule has 0 aliphatic carbocycles. The van der Waals surface area contributed by atoms with Crippen molar-refractivity contribution in [3.05, 3.63) is 93.0 Å². The summed E-state index contributed by atoms with van der Waals surface area (Å²) in [5.74, 6) is -1.18. The average molecular weight is 604 g/mol. The third kappa shape index (κ3) is 5.81. The molecule has 1 saturated heterocycles. The van der Waals surface area contributed by atoms with Crippen LogP contribution in [0.25, 0.3) is 11.0 Å². The Bertz CT molecular complexity index is 1670. The molecule has 0 unspecified atom stereocenters. The van der Waals surface area contributed by atoms with Gasteiger partial charge in [-0.15, -0.1) is 0 Å². The Balaban J connectivity index is 1.27. The van der Waals surface area contributed by atoms with Crippen LogP contribution in [0.3, 0.4) is 0 Å². The van der Waals surface area contributed by atoms with Crippen molar-refractivity contribution >= 4 is 28.6 Å². The summed E-state index contributed by atoms with van der Waals surface area (Å²) in [6.07, 6.45) is -3.33. The SMILES string of the molecule is O=C(O)c1ccc2nc(CN3CCc4cc(C(F)(F)F)c(OCc5ccc(F)cc5Cl)cc4C3)n(C[C@@H]3CCO3)c2c1. The minimum atomic E-state index is -4.63. The lowest BCUT2D eigenvalue weighted by Crippen LogP contribution is -2.34. The van der Waals surface area contributed by atoms with Crippen LogP contribution in [-0.4, -0.2) is 44.8 Å². The number of fused-ring (bicyclic) bond motifs is 2. The number of rotatable bonds is 8. The number of carboxylic acid groups (broad SMARTS) is 1. The molecule has 2 aliphatic heterocycles. The van der Waals surface area contributed by atoms with Crippen molar-refractivity contribution in [3.63, 3.8) is 0 Å². The summed E-state index contributed by atoms with van der Waals surface area (Å²) < 4.78 is 68.6. The highest BCUT2D eigenvalue weighted by molar-refractivity contribution is 6.31. The summed E-state index contributed by atoms with van der Waals surface area (Å²) in [5, 5.41) is 9.56. The van der Waals surface area contributed by atoms with Crippen LogP contribution >= 0.6 is 11.6 Å². The molecule has 1 N–H and O–H groups in total. The number of hydrogen-bond donors (Lipinski definition) is 1. The van der Waals surface area contributed by atoms with Crippen molar-refractivity contribution in [3.8, 4) is 5.75 Å². The predicted octanol–water partition coefficient (Wildman–Crippen LogP) is 6.47. The molecule has 1 fully saturated rings. The van der Waals surface area contributed by atoms with Gasteiger partial charge in [-0.05, 0) is 66.4 Å². The monoisotopic (exact) mass is 603 g/mol. The molecule has 0 saturated carbocycles. The van der Waals surface area contributed by atoms with Gasteiger partial charge in [0.15, 0.2) is 0 Å². The molecule has 0 amide bonds. The molecule has 7 nitrogen and oxygen atoms in total. The number of alkyl halides is 3. The number of nitrogens with zero attached hydrogens (tertiary/aromatic N) is 3. The average Bonchev–Trinajstić information content (AvgIpc) is 3.24. The number of imidazole rings is 1. The van der Waals surface area contributed by atoms with Crippen molar-refractivity contribution in [1.82, 2.24) is 14.5 Å². The lowest BCUT2D eigenvalue weighted by Gasteiger charge is -2.31. The molecule has 3 aromatic carbocycles. The first-order valence-electron chi connectivity index (χ1n) is 13.4. The van der Waals surface area contributed by atoms with Crippen LogP contribution in [0.2, 0.25) is 5.02 Å². The summed E-state index contributed by atoms with van der Waals surface area (Å²) in [5.41, 5.74) is 2.31. The van der Waals surface area contributed by atoms with Gasteiger partial charge in [-0.1, -0.05) is 17.7 Å². The van der Waals surface area contributed by atoms with E-state index in [-0.39, 0.29) is 29.0 Å². The minimum Gasteiger partial charge on any atom is -0.488 e. The van der Waals surface area contributed by atoms with Gasteiger partial charge < -0.3 is 19.1 Å². The van der Waals surface area contributed by atoms with E-state index in [1.54, 1.807) is 12.1 Å². The van der Waals surface area contributed by atoms with Gasteiger partial charge in [-0.2, -0.15) is 13.2 Å². The highest BCUT2D eigenvalue weighted by Gasteiger charge is 2.36. The van der Waals surface area contributed by atoms with E-state index in [1.807, 2.05) is 4.57 Å². The molecule has 42 heavy (non-hydrogen) atoms. The van der Waals surface area contributed by atoms with Crippen molar-refractivity contribution in [2.45, 2.75) is 51.4 Å². The van der Waals surface area contributed by atoms with Crippen LogP contribution in [0.5, 0.6) is 5.75 Å². The minimum absolute atomic E-state index is 0.00632. The first kappa shape index (κ1) is 28.4. The van der Waals surface area contributed by atoms with Gasteiger partial charge in [-0.3, -0.25) is 4.90 Å². The van der Waals surface area contributed by atoms with Gasteiger partial charge in [0, 0.05) is 25.3 Å². The van der Waals surface area contributed by atoms with E-state index in [4.69, 9.17) is 26.1 Å². The Labute approximate surface area is 243 Å². The van der Waals surface area contributed by atoms with Crippen LogP contribution in [0, 0.1) is 5.82 Å². The first-order valence-corrected chi connectivity index (χ1v) is 13.8. The number of carbonyl (C=O) groups is 1. The molecule has 0 bridgehead atoms. The van der Waals surface area contributed by atoms with E-state index in [0.29, 0.717) is 66.9 Å². The number of hydrogen-bond acceptors (Lipinski definition) is 5. The molecule has 0 spiro atoms. The quantitative estimate of drug-likeness (QED) is 0.233. The Hall–Kier alpha value is -3.67. The summed E-state index contributed by atoms with van der Waals surface area (Å²) in [6.45, 7) is 2.23. The second-order valence-corrected chi connectivity index (χ2v) is 10.9. The molecule has 1 atom stereocenters. The molecule has 2 aliphatic rings. The summed E-state index contributed by atoms with van der Waals surface area (Å²) >= 11 is 6.05. The fraction of sp³-hybridized carbons (Fsp3) is 0.333. The van der Waals surface area contributed by atoms with Gasteiger partial charge in [0.25, 0.3) is 0 Å². The van der Waals surface area contributed by atoms with Gasteiger partial charge in [0.05, 0.1) is 46.4 Å². The van der Waals surface area contributed by atoms with E-state index in [1.165, 1.54) is 24.3 Å². The maximum Gasteiger partial charge on any atom is 0.419 e. The number of halogens is 5. The van der Waals surface area contributed by atoms with Crippen molar-refractivity contribution in [2.24, 2.45) is 0 Å². The largest absolute Gasteiger partial charge is 0.488 e. The highest BCUT2D eigenvalue weighted by Crippen LogP contribution is 2.40. The van der Waals surface area contributed by atoms with E-state index in [2.05, 4.69) is 4.90 Å². The zero-order valence-electron chi connectivity index (χ0n) is 22.3. The molecule has 1 aromatic heterocycles. The Morgan fingerprint density at radius 2 is 1.95 bits per heavy atom. The van der Waals surface area contributed by atoms with Crippen molar-refractivity contribution in [2.75, 3.05) is 13.2 Å². The van der Waals surface area contributed by atoms with E-state index in [9.17, 15) is 27.5 Å². The normalized spacial score (nSPS) is 17.2. The van der Waals surface area contributed by atoms with Crippen LogP contribution in [0.1, 0.15) is 44.9 Å². The predicted molar refractivity (Wildman–Crippen MR) is 146 cm³/mol. The number of benzene rings is 3. The molecule has 4 aromatic rings. The number of aromatic carboxylic acids is 1. The smallest absolute Gasteiger partial charge is 0.419 e. The van der Waals surface area contributed by atoms with E-state index in [0.717, 1.165) is 24.4 Å². The molecule has 12 heteroatoms. The van der Waals surface area contributed by atoms with Crippen molar-refractivity contribution in [1.29, 1.82) is 0 Å². The lowest BCUT2D eigenvalue weighted by molar-refractivity contribution is -0.139. The fourth-order valence-electron chi connectivity index (χ4n) is 5.38. The van der Waals surface area contributed by atoms with Crippen molar-refractivity contribution < 1.29 is 36.9 Å². The Morgan fingerprint density at radius 3 is 2.64 bits per heavy atom. The molecular weight excluding hydrogens is 578 g/mol. The number of ether oxygens (including phenoxy) is 2. The Kier molecular flexibility index (Phi) is 7.59. The summed E-state index contributed by atoms with van der Waals surface area (Å²) in [6, 6.07) is 11.0. The topological polar surface area (TPSA) is 76.8 Å². The molecule has 0 radical (unpaired) electrons. The van der Waals surface area contributed by atoms with Crippen LogP contribution in [0.4, 0.5) is 17.6 Å². The zero-order chi connectivity index (χ0) is 29.6. The van der Waals surface area contributed by atoms with E-state index >= 15 is 0 Å². The molecule has 220 valence electrons. The first-order chi connectivity index (χ1) is 20.0. The third-order valence-corrected chi connectivity index (χ3v) is 8.07. The zero-order valence-corrected chi connectivity index (χ0v) is 23.0. The lowest BCUT2D eigenvalue weighted by atomic mass is 9.96.